The van der Waals surface area contributed by atoms with Crippen molar-refractivity contribution >= 4 is 5.97 Å². The van der Waals surface area contributed by atoms with Crippen LogP contribution in [0.5, 0.6) is 0 Å². The van der Waals surface area contributed by atoms with Gasteiger partial charge in [0.25, 0.3) is 0 Å². The minimum Gasteiger partial charge on any atom is -0.478 e. The Labute approximate surface area is 55.0 Å². The molecule has 0 aromatic carbocycles. The van der Waals surface area contributed by atoms with Gasteiger partial charge in [0.2, 0.25) is 0 Å². The molecule has 0 amide bonds. The first-order chi connectivity index (χ1) is 4.34. The Morgan fingerprint density at radius 2 is 1.90 bits per heavy atom. The van der Waals surface area contributed by atoms with Crippen LogP contribution in [-0.4, -0.2) is 17.3 Å². The van der Waals surface area contributed by atoms with Gasteiger partial charge in [-0.25, -0.2) is 4.79 Å². The van der Waals surface area contributed by atoms with Crippen LogP contribution in [0.1, 0.15) is 6.92 Å². The lowest BCUT2D eigenvalue weighted by atomic mass is 10.3. The highest BCUT2D eigenvalue weighted by Gasteiger charge is 2.30. The quantitative estimate of drug-likeness (QED) is 0.582. The van der Waals surface area contributed by atoms with Crippen molar-refractivity contribution in [2.24, 2.45) is 0 Å². The predicted octanol–water partition coefficient (Wildman–Crippen LogP) is 1.58. The zero-order chi connectivity index (χ0) is 8.36. The monoisotopic (exact) mass is 154 g/mol. The lowest BCUT2D eigenvalue weighted by Crippen LogP contribution is -2.10. The zero-order valence-corrected chi connectivity index (χ0v) is 5.07. The summed E-state index contributed by atoms with van der Waals surface area (Å²) in [6, 6.07) is 0. The van der Waals surface area contributed by atoms with Gasteiger partial charge in [-0.3, -0.25) is 0 Å². The highest BCUT2D eigenvalue weighted by molar-refractivity contribution is 5.80. The number of hydrogen-bond acceptors (Lipinski definition) is 1. The van der Waals surface area contributed by atoms with Crippen LogP contribution in [-0.2, 0) is 4.79 Å². The molecule has 0 saturated carbocycles. The van der Waals surface area contributed by atoms with E-state index in [0.717, 1.165) is 0 Å². The van der Waals surface area contributed by atoms with E-state index in [1.165, 1.54) is 0 Å². The van der Waals surface area contributed by atoms with Crippen LogP contribution in [0, 0.1) is 0 Å². The van der Waals surface area contributed by atoms with Crippen molar-refractivity contribution in [3.8, 4) is 0 Å². The highest BCUT2D eigenvalue weighted by Crippen LogP contribution is 2.24. The molecular formula is C5H5F3O2. The number of rotatable bonds is 1. The lowest BCUT2D eigenvalue weighted by molar-refractivity contribution is -0.132. The maximum Gasteiger partial charge on any atom is 0.412 e. The molecule has 0 rings (SSSR count). The van der Waals surface area contributed by atoms with Crippen molar-refractivity contribution in [1.29, 1.82) is 0 Å². The van der Waals surface area contributed by atoms with Crippen LogP contribution in [0.2, 0.25) is 0 Å². The molecule has 0 saturated heterocycles. The van der Waals surface area contributed by atoms with Gasteiger partial charge in [-0.05, 0) is 6.92 Å². The van der Waals surface area contributed by atoms with E-state index in [-0.39, 0.29) is 6.08 Å². The summed E-state index contributed by atoms with van der Waals surface area (Å²) in [6.45, 7) is 0.702. The molecule has 0 atom stereocenters. The van der Waals surface area contributed by atoms with Gasteiger partial charge in [-0.1, -0.05) is 0 Å². The summed E-state index contributed by atoms with van der Waals surface area (Å²) in [4.78, 5) is 9.68. The Bertz CT molecular complexity index is 168. The first-order valence-electron chi connectivity index (χ1n) is 2.32. The van der Waals surface area contributed by atoms with E-state index >= 15 is 0 Å². The van der Waals surface area contributed by atoms with Crippen molar-refractivity contribution in [3.05, 3.63) is 11.6 Å². The molecule has 0 aliphatic heterocycles. The van der Waals surface area contributed by atoms with E-state index in [0.29, 0.717) is 6.92 Å². The number of alkyl halides is 3. The average molecular weight is 154 g/mol. The van der Waals surface area contributed by atoms with Crippen LogP contribution in [0.15, 0.2) is 11.6 Å². The molecule has 0 bridgehead atoms. The second-order valence-corrected chi connectivity index (χ2v) is 1.66. The second kappa shape index (κ2) is 2.72. The minimum absolute atomic E-state index is 0.125. The topological polar surface area (TPSA) is 37.3 Å². The first-order valence-corrected chi connectivity index (χ1v) is 2.32. The molecule has 0 aromatic heterocycles. The smallest absolute Gasteiger partial charge is 0.412 e. The van der Waals surface area contributed by atoms with Crippen LogP contribution in [0.25, 0.3) is 0 Å². The maximum atomic E-state index is 11.5. The van der Waals surface area contributed by atoms with Gasteiger partial charge in [-0.2, -0.15) is 13.2 Å². The minimum atomic E-state index is -4.53. The lowest BCUT2D eigenvalue weighted by Gasteiger charge is -2.03. The number of carbonyl (C=O) groups is 1. The van der Waals surface area contributed by atoms with E-state index < -0.39 is 17.7 Å². The molecule has 0 aliphatic rings. The van der Waals surface area contributed by atoms with E-state index in [4.69, 9.17) is 5.11 Å². The number of carboxylic acid groups (broad SMARTS) is 1. The molecule has 10 heavy (non-hydrogen) atoms. The fourth-order valence-corrected chi connectivity index (χ4v) is 0.267. The normalized spacial score (nSPS) is 13.4. The SMILES string of the molecule is C/C(=C/C(=O)O)C(F)(F)F. The van der Waals surface area contributed by atoms with Gasteiger partial charge in [-0.15, -0.1) is 0 Å². The van der Waals surface area contributed by atoms with Crippen LogP contribution in [0.3, 0.4) is 0 Å². The number of aliphatic carboxylic acids is 1. The number of hydrogen-bond donors (Lipinski definition) is 1. The summed E-state index contributed by atoms with van der Waals surface area (Å²) >= 11 is 0. The van der Waals surface area contributed by atoms with E-state index in [2.05, 4.69) is 0 Å². The molecule has 0 heterocycles. The maximum absolute atomic E-state index is 11.5. The van der Waals surface area contributed by atoms with Crippen LogP contribution < -0.4 is 0 Å². The average Bonchev–Trinajstić information content (AvgIpc) is 1.60. The molecular weight excluding hydrogens is 149 g/mol. The summed E-state index contributed by atoms with van der Waals surface area (Å²) in [5.41, 5.74) is -1.11. The molecule has 58 valence electrons. The number of halogens is 3. The van der Waals surface area contributed by atoms with Crippen molar-refractivity contribution < 1.29 is 23.1 Å². The molecule has 1 N–H and O–H groups in total. The standard InChI is InChI=1S/C5H5F3O2/c1-3(2-4(9)10)5(6,7)8/h2H,1H3,(H,9,10)/b3-2-. The van der Waals surface area contributed by atoms with Crippen molar-refractivity contribution in [2.45, 2.75) is 13.1 Å². The van der Waals surface area contributed by atoms with Gasteiger partial charge in [0.15, 0.2) is 0 Å². The fourth-order valence-electron chi connectivity index (χ4n) is 0.267. The van der Waals surface area contributed by atoms with Gasteiger partial charge < -0.3 is 5.11 Å². The van der Waals surface area contributed by atoms with Gasteiger partial charge in [0.1, 0.15) is 0 Å². The Morgan fingerprint density at radius 3 is 2.00 bits per heavy atom. The Kier molecular flexibility index (Phi) is 2.45. The summed E-state index contributed by atoms with van der Waals surface area (Å²) in [6.07, 6.45) is -4.40. The van der Waals surface area contributed by atoms with E-state index in [1.54, 1.807) is 0 Å². The fraction of sp³-hybridized carbons (Fsp3) is 0.400. The van der Waals surface area contributed by atoms with Crippen LogP contribution >= 0.6 is 0 Å². The first kappa shape index (κ1) is 9.00. The molecule has 0 radical (unpaired) electrons. The molecule has 0 aromatic rings. The predicted molar refractivity (Wildman–Crippen MR) is 27.4 cm³/mol. The number of carboxylic acids is 1. The van der Waals surface area contributed by atoms with Gasteiger partial charge in [0, 0.05) is 11.6 Å². The third-order valence-electron chi connectivity index (χ3n) is 0.787. The summed E-state index contributed by atoms with van der Waals surface area (Å²) < 4.78 is 34.4. The zero-order valence-electron chi connectivity index (χ0n) is 5.07. The molecule has 0 fully saturated rings. The number of allylic oxidation sites excluding steroid dienone is 1. The summed E-state index contributed by atoms with van der Waals surface area (Å²) in [5, 5.41) is 7.87. The third kappa shape index (κ3) is 3.11. The molecule has 5 heteroatoms. The van der Waals surface area contributed by atoms with Gasteiger partial charge in [0.05, 0.1) is 0 Å². The van der Waals surface area contributed by atoms with Crippen molar-refractivity contribution in [1.82, 2.24) is 0 Å². The molecule has 0 unspecified atom stereocenters. The van der Waals surface area contributed by atoms with Gasteiger partial charge >= 0.3 is 12.1 Å². The molecule has 2 nitrogen and oxygen atoms in total. The van der Waals surface area contributed by atoms with E-state index in [1.807, 2.05) is 0 Å². The Balaban J connectivity index is 4.35. The van der Waals surface area contributed by atoms with Crippen molar-refractivity contribution in [2.75, 3.05) is 0 Å². The Hall–Kier alpha value is -1.00. The molecule has 0 aliphatic carbocycles. The highest BCUT2D eigenvalue weighted by atomic mass is 19.4. The third-order valence-corrected chi connectivity index (χ3v) is 0.787. The molecule has 0 spiro atoms. The Morgan fingerprint density at radius 1 is 1.50 bits per heavy atom. The summed E-state index contributed by atoms with van der Waals surface area (Å²) in [5.74, 6) is -1.59. The second-order valence-electron chi connectivity index (χ2n) is 1.66. The van der Waals surface area contributed by atoms with E-state index in [9.17, 15) is 18.0 Å². The van der Waals surface area contributed by atoms with Crippen LogP contribution in [0.4, 0.5) is 13.2 Å². The summed E-state index contributed by atoms with van der Waals surface area (Å²) in [7, 11) is 0. The van der Waals surface area contributed by atoms with Crippen molar-refractivity contribution in [3.63, 3.8) is 0 Å². The largest absolute Gasteiger partial charge is 0.478 e.